The molecular formula is C14H20N4. The van der Waals surface area contributed by atoms with Crippen molar-refractivity contribution in [2.75, 3.05) is 7.05 Å². The molecule has 2 aromatic rings. The van der Waals surface area contributed by atoms with Crippen LogP contribution in [0.15, 0.2) is 30.7 Å². The first-order valence-electron chi connectivity index (χ1n) is 6.42. The highest BCUT2D eigenvalue weighted by Crippen LogP contribution is 2.14. The molecule has 0 aromatic carbocycles. The van der Waals surface area contributed by atoms with Gasteiger partial charge in [0.15, 0.2) is 0 Å². The zero-order chi connectivity index (χ0) is 13.0. The Morgan fingerprint density at radius 3 is 2.78 bits per heavy atom. The van der Waals surface area contributed by atoms with Crippen molar-refractivity contribution in [3.05, 3.63) is 42.1 Å². The molecule has 18 heavy (non-hydrogen) atoms. The molecule has 0 fully saturated rings. The SMILES string of the molecule is CCCc1nccn1-c1ccc(C(C)NC)cn1. The number of nitrogens with zero attached hydrogens (tertiary/aromatic N) is 3. The molecule has 2 rings (SSSR count). The summed E-state index contributed by atoms with van der Waals surface area (Å²) < 4.78 is 2.05. The van der Waals surface area contributed by atoms with Crippen molar-refractivity contribution in [1.82, 2.24) is 19.9 Å². The molecule has 4 heteroatoms. The Bertz CT molecular complexity index is 487. The van der Waals surface area contributed by atoms with Gasteiger partial charge in [-0.15, -0.1) is 0 Å². The Morgan fingerprint density at radius 2 is 2.17 bits per heavy atom. The fourth-order valence-corrected chi connectivity index (χ4v) is 1.91. The maximum Gasteiger partial charge on any atom is 0.137 e. The standard InChI is InChI=1S/C14H20N4/c1-4-5-13-16-8-9-18(13)14-7-6-12(10-17-14)11(2)15-3/h6-11,15H,4-5H2,1-3H3. The van der Waals surface area contributed by atoms with E-state index >= 15 is 0 Å². The van der Waals surface area contributed by atoms with Crippen LogP contribution in [0, 0.1) is 0 Å². The van der Waals surface area contributed by atoms with Crippen molar-refractivity contribution < 1.29 is 0 Å². The first kappa shape index (κ1) is 12.8. The van der Waals surface area contributed by atoms with Crippen LogP contribution in [-0.4, -0.2) is 21.6 Å². The second-order valence-corrected chi connectivity index (χ2v) is 4.42. The summed E-state index contributed by atoms with van der Waals surface area (Å²) in [6.45, 7) is 4.28. The number of imidazole rings is 1. The van der Waals surface area contributed by atoms with E-state index in [0.29, 0.717) is 6.04 Å². The fourth-order valence-electron chi connectivity index (χ4n) is 1.91. The zero-order valence-corrected chi connectivity index (χ0v) is 11.2. The predicted molar refractivity (Wildman–Crippen MR) is 72.8 cm³/mol. The van der Waals surface area contributed by atoms with Crippen LogP contribution < -0.4 is 5.32 Å². The van der Waals surface area contributed by atoms with Crippen LogP contribution in [0.4, 0.5) is 0 Å². The molecule has 0 spiro atoms. The number of rotatable bonds is 5. The molecule has 0 bridgehead atoms. The molecule has 1 atom stereocenters. The maximum absolute atomic E-state index is 4.52. The van der Waals surface area contributed by atoms with Gasteiger partial charge in [-0.2, -0.15) is 0 Å². The molecule has 0 saturated carbocycles. The summed E-state index contributed by atoms with van der Waals surface area (Å²) in [5, 5.41) is 3.21. The van der Waals surface area contributed by atoms with E-state index in [0.717, 1.165) is 24.5 Å². The Kier molecular flexibility index (Phi) is 4.10. The molecule has 96 valence electrons. The number of nitrogens with one attached hydrogen (secondary N) is 1. The Morgan fingerprint density at radius 1 is 1.33 bits per heavy atom. The highest BCUT2D eigenvalue weighted by atomic mass is 15.1. The molecule has 2 aromatic heterocycles. The summed E-state index contributed by atoms with van der Waals surface area (Å²) in [4.78, 5) is 8.88. The maximum atomic E-state index is 4.52. The third-order valence-electron chi connectivity index (χ3n) is 3.14. The number of hydrogen-bond acceptors (Lipinski definition) is 3. The third kappa shape index (κ3) is 2.59. The molecule has 0 saturated heterocycles. The van der Waals surface area contributed by atoms with E-state index in [2.05, 4.69) is 39.8 Å². The van der Waals surface area contributed by atoms with Crippen LogP contribution in [0.3, 0.4) is 0 Å². The van der Waals surface area contributed by atoms with E-state index in [9.17, 15) is 0 Å². The van der Waals surface area contributed by atoms with Crippen molar-refractivity contribution in [2.45, 2.75) is 32.7 Å². The van der Waals surface area contributed by atoms with Gasteiger partial charge < -0.3 is 5.32 Å². The Balaban J connectivity index is 2.26. The molecule has 0 aliphatic heterocycles. The minimum atomic E-state index is 0.324. The van der Waals surface area contributed by atoms with Crippen molar-refractivity contribution in [3.8, 4) is 5.82 Å². The van der Waals surface area contributed by atoms with Crippen molar-refractivity contribution in [3.63, 3.8) is 0 Å². The lowest BCUT2D eigenvalue weighted by molar-refractivity contribution is 0.649. The van der Waals surface area contributed by atoms with E-state index < -0.39 is 0 Å². The monoisotopic (exact) mass is 244 g/mol. The molecule has 1 unspecified atom stereocenters. The van der Waals surface area contributed by atoms with Gasteiger partial charge in [-0.3, -0.25) is 4.57 Å². The minimum Gasteiger partial charge on any atom is -0.313 e. The van der Waals surface area contributed by atoms with Crippen molar-refractivity contribution in [1.29, 1.82) is 0 Å². The van der Waals surface area contributed by atoms with E-state index in [1.54, 1.807) is 0 Å². The van der Waals surface area contributed by atoms with E-state index in [1.165, 1.54) is 5.56 Å². The quantitative estimate of drug-likeness (QED) is 0.878. The first-order valence-corrected chi connectivity index (χ1v) is 6.42. The second-order valence-electron chi connectivity index (χ2n) is 4.42. The minimum absolute atomic E-state index is 0.324. The summed E-state index contributed by atoms with van der Waals surface area (Å²) >= 11 is 0. The smallest absolute Gasteiger partial charge is 0.137 e. The van der Waals surface area contributed by atoms with Crippen LogP contribution in [-0.2, 0) is 6.42 Å². The van der Waals surface area contributed by atoms with Crippen LogP contribution >= 0.6 is 0 Å². The number of pyridine rings is 1. The zero-order valence-electron chi connectivity index (χ0n) is 11.2. The fraction of sp³-hybridized carbons (Fsp3) is 0.429. The summed E-state index contributed by atoms with van der Waals surface area (Å²) in [6.07, 6.45) is 7.78. The van der Waals surface area contributed by atoms with Crippen molar-refractivity contribution in [2.24, 2.45) is 0 Å². The summed E-state index contributed by atoms with van der Waals surface area (Å²) in [5.74, 6) is 2.00. The van der Waals surface area contributed by atoms with Gasteiger partial charge in [-0.25, -0.2) is 9.97 Å². The molecular weight excluding hydrogens is 224 g/mol. The Hall–Kier alpha value is -1.68. The number of hydrogen-bond donors (Lipinski definition) is 1. The van der Waals surface area contributed by atoms with Crippen LogP contribution in [0.5, 0.6) is 0 Å². The number of aryl methyl sites for hydroxylation is 1. The average Bonchev–Trinajstić information content (AvgIpc) is 2.87. The van der Waals surface area contributed by atoms with E-state index in [1.807, 2.05) is 31.7 Å². The lowest BCUT2D eigenvalue weighted by Gasteiger charge is -2.11. The van der Waals surface area contributed by atoms with Crippen molar-refractivity contribution >= 4 is 0 Å². The first-order chi connectivity index (χ1) is 8.76. The van der Waals surface area contributed by atoms with E-state index in [4.69, 9.17) is 0 Å². The molecule has 1 N–H and O–H groups in total. The van der Waals surface area contributed by atoms with Crippen LogP contribution in [0.25, 0.3) is 5.82 Å². The van der Waals surface area contributed by atoms with Gasteiger partial charge in [0.1, 0.15) is 11.6 Å². The average molecular weight is 244 g/mol. The normalized spacial score (nSPS) is 12.6. The highest BCUT2D eigenvalue weighted by molar-refractivity contribution is 5.28. The molecule has 0 aliphatic carbocycles. The summed E-state index contributed by atoms with van der Waals surface area (Å²) in [6, 6.07) is 4.48. The summed E-state index contributed by atoms with van der Waals surface area (Å²) in [5.41, 5.74) is 1.19. The molecule has 4 nitrogen and oxygen atoms in total. The molecule has 0 radical (unpaired) electrons. The van der Waals surface area contributed by atoms with Gasteiger partial charge >= 0.3 is 0 Å². The van der Waals surface area contributed by atoms with Gasteiger partial charge in [0, 0.05) is 31.1 Å². The third-order valence-corrected chi connectivity index (χ3v) is 3.14. The summed E-state index contributed by atoms with van der Waals surface area (Å²) in [7, 11) is 1.95. The highest BCUT2D eigenvalue weighted by Gasteiger charge is 2.07. The molecule has 0 aliphatic rings. The second kappa shape index (κ2) is 5.78. The van der Waals surface area contributed by atoms with Gasteiger partial charge in [-0.1, -0.05) is 13.0 Å². The lowest BCUT2D eigenvalue weighted by atomic mass is 10.1. The van der Waals surface area contributed by atoms with Gasteiger partial charge in [-0.05, 0) is 32.0 Å². The topological polar surface area (TPSA) is 42.7 Å². The molecule has 2 heterocycles. The lowest BCUT2D eigenvalue weighted by Crippen LogP contribution is -2.13. The predicted octanol–water partition coefficient (Wildman–Crippen LogP) is 2.50. The Labute approximate surface area is 108 Å². The van der Waals surface area contributed by atoms with Crippen LogP contribution in [0.2, 0.25) is 0 Å². The number of aromatic nitrogens is 3. The van der Waals surface area contributed by atoms with E-state index in [-0.39, 0.29) is 0 Å². The molecule has 0 amide bonds. The largest absolute Gasteiger partial charge is 0.313 e. The van der Waals surface area contributed by atoms with Gasteiger partial charge in [0.05, 0.1) is 0 Å². The van der Waals surface area contributed by atoms with Crippen LogP contribution in [0.1, 0.15) is 37.7 Å². The van der Waals surface area contributed by atoms with Gasteiger partial charge in [0.2, 0.25) is 0 Å². The van der Waals surface area contributed by atoms with Gasteiger partial charge in [0.25, 0.3) is 0 Å².